The van der Waals surface area contributed by atoms with Gasteiger partial charge >= 0.3 is 0 Å². The number of aromatic nitrogens is 3. The van der Waals surface area contributed by atoms with E-state index < -0.39 is 0 Å². The van der Waals surface area contributed by atoms with Crippen molar-refractivity contribution in [3.8, 4) is 0 Å². The van der Waals surface area contributed by atoms with Gasteiger partial charge < -0.3 is 14.4 Å². The van der Waals surface area contributed by atoms with E-state index in [2.05, 4.69) is 21.8 Å². The summed E-state index contributed by atoms with van der Waals surface area (Å²) in [6.07, 6.45) is 5.86. The first kappa shape index (κ1) is 18.4. The maximum Gasteiger partial charge on any atom is 0.257 e. The van der Waals surface area contributed by atoms with E-state index in [1.165, 1.54) is 0 Å². The third kappa shape index (κ3) is 3.12. The molecule has 30 heavy (non-hydrogen) atoms. The van der Waals surface area contributed by atoms with Crippen LogP contribution in [0.3, 0.4) is 0 Å². The van der Waals surface area contributed by atoms with Crippen LogP contribution in [0.4, 0.5) is 0 Å². The first-order valence-corrected chi connectivity index (χ1v) is 10.1. The quantitative estimate of drug-likeness (QED) is 0.529. The summed E-state index contributed by atoms with van der Waals surface area (Å²) >= 11 is 0. The average Bonchev–Trinajstić information content (AvgIpc) is 3.35. The van der Waals surface area contributed by atoms with E-state index in [4.69, 9.17) is 0 Å². The van der Waals surface area contributed by atoms with Crippen LogP contribution in [-0.2, 0) is 18.3 Å². The lowest BCUT2D eigenvalue weighted by Crippen LogP contribution is -2.51. The van der Waals surface area contributed by atoms with Gasteiger partial charge in [-0.25, -0.2) is 4.52 Å². The molecule has 4 heterocycles. The predicted molar refractivity (Wildman–Crippen MR) is 114 cm³/mol. The number of pyridine rings is 1. The normalized spacial score (nSPS) is 14.6. The standard InChI is InChI=1S/C23H23N5O2/c1-25-16-17(18-6-2-3-7-20(18)25)14-22(29)26-10-12-27(13-11-26)23(30)19-15-24-28-9-5-4-8-21(19)28/h2-9,15-16H,10-14H2,1H3. The molecular weight excluding hydrogens is 378 g/mol. The number of hydrogen-bond acceptors (Lipinski definition) is 3. The van der Waals surface area contributed by atoms with Crippen LogP contribution in [0.25, 0.3) is 16.4 Å². The Bertz CT molecular complexity index is 1250. The molecule has 0 aliphatic carbocycles. The minimum absolute atomic E-state index is 0.0302. The highest BCUT2D eigenvalue weighted by molar-refractivity contribution is 6.00. The Kier molecular flexibility index (Phi) is 4.50. The van der Waals surface area contributed by atoms with Crippen molar-refractivity contribution in [2.24, 2.45) is 7.05 Å². The molecule has 0 spiro atoms. The van der Waals surface area contributed by atoms with Gasteiger partial charge in [-0.1, -0.05) is 24.3 Å². The molecule has 0 bridgehead atoms. The zero-order valence-electron chi connectivity index (χ0n) is 16.9. The van der Waals surface area contributed by atoms with Gasteiger partial charge in [-0.15, -0.1) is 0 Å². The van der Waals surface area contributed by atoms with E-state index in [9.17, 15) is 9.59 Å². The van der Waals surface area contributed by atoms with E-state index in [-0.39, 0.29) is 11.8 Å². The largest absolute Gasteiger partial charge is 0.350 e. The molecule has 2 amide bonds. The summed E-state index contributed by atoms with van der Waals surface area (Å²) in [6.45, 7) is 2.16. The van der Waals surface area contributed by atoms with Crippen LogP contribution >= 0.6 is 0 Å². The number of rotatable bonds is 3. The summed E-state index contributed by atoms with van der Waals surface area (Å²) in [4.78, 5) is 29.5. The fraction of sp³-hybridized carbons (Fsp3) is 0.261. The zero-order valence-corrected chi connectivity index (χ0v) is 16.9. The van der Waals surface area contributed by atoms with Gasteiger partial charge in [0.2, 0.25) is 5.91 Å². The molecule has 0 radical (unpaired) electrons. The van der Waals surface area contributed by atoms with E-state index >= 15 is 0 Å². The fourth-order valence-electron chi connectivity index (χ4n) is 4.27. The first-order valence-electron chi connectivity index (χ1n) is 10.1. The highest BCUT2D eigenvalue weighted by Gasteiger charge is 2.27. The van der Waals surface area contributed by atoms with Crippen molar-refractivity contribution in [2.45, 2.75) is 6.42 Å². The summed E-state index contributed by atoms with van der Waals surface area (Å²) in [6, 6.07) is 13.8. The molecule has 1 aliphatic rings. The summed E-state index contributed by atoms with van der Waals surface area (Å²) < 4.78 is 3.77. The molecule has 3 aromatic heterocycles. The molecule has 7 heteroatoms. The van der Waals surface area contributed by atoms with Crippen LogP contribution < -0.4 is 0 Å². The molecule has 5 rings (SSSR count). The second-order valence-electron chi connectivity index (χ2n) is 7.72. The number of amides is 2. The SMILES string of the molecule is Cn1cc(CC(=O)N2CCN(C(=O)c3cnn4ccccc34)CC2)c2ccccc21. The maximum absolute atomic E-state index is 13.0. The minimum Gasteiger partial charge on any atom is -0.350 e. The zero-order chi connectivity index (χ0) is 20.7. The molecule has 1 aliphatic heterocycles. The lowest BCUT2D eigenvalue weighted by molar-refractivity contribution is -0.131. The van der Waals surface area contributed by atoms with Gasteiger partial charge in [0.25, 0.3) is 5.91 Å². The Labute approximate surface area is 174 Å². The lowest BCUT2D eigenvalue weighted by Gasteiger charge is -2.34. The number of benzene rings is 1. The smallest absolute Gasteiger partial charge is 0.257 e. The number of piperazine rings is 1. The van der Waals surface area contributed by atoms with Crippen molar-refractivity contribution in [3.63, 3.8) is 0 Å². The number of fused-ring (bicyclic) bond motifs is 2. The van der Waals surface area contributed by atoms with Crippen LogP contribution in [0.2, 0.25) is 0 Å². The number of aryl methyl sites for hydroxylation is 1. The Morgan fingerprint density at radius 2 is 1.63 bits per heavy atom. The summed E-state index contributed by atoms with van der Waals surface area (Å²) in [5, 5.41) is 5.37. The van der Waals surface area contributed by atoms with Crippen LogP contribution in [0.1, 0.15) is 15.9 Å². The van der Waals surface area contributed by atoms with E-state index in [0.29, 0.717) is 38.2 Å². The number of nitrogens with zero attached hydrogens (tertiary/aromatic N) is 5. The van der Waals surface area contributed by atoms with E-state index in [0.717, 1.165) is 22.0 Å². The highest BCUT2D eigenvalue weighted by Crippen LogP contribution is 2.22. The summed E-state index contributed by atoms with van der Waals surface area (Å²) in [5.41, 5.74) is 3.58. The van der Waals surface area contributed by atoms with Gasteiger partial charge in [-0.05, 0) is 23.8 Å². The second kappa shape index (κ2) is 7.33. The Morgan fingerprint density at radius 1 is 0.933 bits per heavy atom. The van der Waals surface area contributed by atoms with Gasteiger partial charge in [0.05, 0.1) is 23.7 Å². The minimum atomic E-state index is -0.0302. The molecular formula is C23H23N5O2. The van der Waals surface area contributed by atoms with Crippen LogP contribution in [0.5, 0.6) is 0 Å². The van der Waals surface area contributed by atoms with E-state index in [1.54, 1.807) is 10.7 Å². The van der Waals surface area contributed by atoms with Gasteiger partial charge in [0, 0.05) is 56.5 Å². The highest BCUT2D eigenvalue weighted by atomic mass is 16.2. The average molecular weight is 401 g/mol. The van der Waals surface area contributed by atoms with Gasteiger partial charge in [0.1, 0.15) is 0 Å². The van der Waals surface area contributed by atoms with Crippen LogP contribution in [-0.4, -0.2) is 62.0 Å². The molecule has 0 unspecified atom stereocenters. The Balaban J connectivity index is 1.25. The second-order valence-corrected chi connectivity index (χ2v) is 7.72. The Hall–Kier alpha value is -3.61. The number of hydrogen-bond donors (Lipinski definition) is 0. The van der Waals surface area contributed by atoms with Crippen molar-refractivity contribution in [3.05, 3.63) is 72.2 Å². The lowest BCUT2D eigenvalue weighted by atomic mass is 10.1. The molecule has 7 nitrogen and oxygen atoms in total. The first-order chi connectivity index (χ1) is 14.6. The van der Waals surface area contributed by atoms with Crippen LogP contribution in [0, 0.1) is 0 Å². The summed E-state index contributed by atoms with van der Waals surface area (Å²) in [5.74, 6) is 0.0757. The third-order valence-corrected chi connectivity index (χ3v) is 5.90. The monoisotopic (exact) mass is 401 g/mol. The van der Waals surface area contributed by atoms with Gasteiger partial charge in [0.15, 0.2) is 0 Å². The molecule has 0 N–H and O–H groups in total. The van der Waals surface area contributed by atoms with Crippen molar-refractivity contribution < 1.29 is 9.59 Å². The van der Waals surface area contributed by atoms with Crippen molar-refractivity contribution in [1.82, 2.24) is 24.0 Å². The van der Waals surface area contributed by atoms with E-state index in [1.807, 2.05) is 59.6 Å². The molecule has 1 saturated heterocycles. The molecule has 0 saturated carbocycles. The number of carbonyl (C=O) groups is 2. The number of para-hydroxylation sites is 1. The number of carbonyl (C=O) groups excluding carboxylic acids is 2. The van der Waals surface area contributed by atoms with Gasteiger partial charge in [-0.3, -0.25) is 9.59 Å². The molecule has 152 valence electrons. The molecule has 1 aromatic carbocycles. The summed E-state index contributed by atoms with van der Waals surface area (Å²) in [7, 11) is 2.00. The van der Waals surface area contributed by atoms with Crippen molar-refractivity contribution >= 4 is 28.2 Å². The van der Waals surface area contributed by atoms with Gasteiger partial charge in [-0.2, -0.15) is 5.10 Å². The maximum atomic E-state index is 13.0. The topological polar surface area (TPSA) is 62.9 Å². The molecule has 4 aromatic rings. The predicted octanol–water partition coefficient (Wildman–Crippen LogP) is 2.35. The third-order valence-electron chi connectivity index (χ3n) is 5.90. The molecule has 0 atom stereocenters. The van der Waals surface area contributed by atoms with Crippen LogP contribution in [0.15, 0.2) is 61.1 Å². The fourth-order valence-corrected chi connectivity index (χ4v) is 4.27. The Morgan fingerprint density at radius 3 is 2.47 bits per heavy atom. The molecule has 1 fully saturated rings. The van der Waals surface area contributed by atoms with Crippen molar-refractivity contribution in [2.75, 3.05) is 26.2 Å². The van der Waals surface area contributed by atoms with Crippen molar-refractivity contribution in [1.29, 1.82) is 0 Å².